The zero-order valence-electron chi connectivity index (χ0n) is 13.9. The number of benzene rings is 2. The monoisotopic (exact) mass is 352 g/mol. The van der Waals surface area contributed by atoms with Gasteiger partial charge in [0.1, 0.15) is 0 Å². The molecular weight excluding hydrogens is 332 g/mol. The number of hydrogen-bond donors (Lipinski definition) is 1. The van der Waals surface area contributed by atoms with Crippen LogP contribution in [-0.2, 0) is 11.3 Å². The molecule has 5 heteroatoms. The van der Waals surface area contributed by atoms with Gasteiger partial charge in [0, 0.05) is 23.5 Å². The third-order valence-electron chi connectivity index (χ3n) is 4.04. The highest BCUT2D eigenvalue weighted by Crippen LogP contribution is 2.34. The molecule has 1 N–H and O–H groups in total. The van der Waals surface area contributed by atoms with Gasteiger partial charge in [0.2, 0.25) is 5.91 Å². The van der Waals surface area contributed by atoms with Gasteiger partial charge in [-0.2, -0.15) is 0 Å². The smallest absolute Gasteiger partial charge is 0.258 e. The second-order valence-corrected chi connectivity index (χ2v) is 6.88. The lowest BCUT2D eigenvalue weighted by Gasteiger charge is -2.22. The van der Waals surface area contributed by atoms with Crippen LogP contribution in [0.1, 0.15) is 22.3 Å². The Bertz CT molecular complexity index is 787. The molecule has 0 radical (unpaired) electrons. The molecule has 3 rings (SSSR count). The lowest BCUT2D eigenvalue weighted by atomic mass is 10.1. The molecule has 0 unspecified atom stereocenters. The standard InChI is InChI=1S/C20H20N2O2S/c1-2-19(23)21-14-15-8-10-16(11-9-15)20(24)22-12-5-13-25-18-7-4-3-6-17(18)22/h2-4,6-11H,1,5,12-14H2,(H,21,23). The van der Waals surface area contributed by atoms with E-state index in [2.05, 4.69) is 18.0 Å². The molecule has 2 amide bonds. The minimum Gasteiger partial charge on any atom is -0.348 e. The molecular formula is C20H20N2O2S. The van der Waals surface area contributed by atoms with Crippen LogP contribution in [-0.4, -0.2) is 24.1 Å². The molecule has 4 nitrogen and oxygen atoms in total. The van der Waals surface area contributed by atoms with Crippen molar-refractivity contribution < 1.29 is 9.59 Å². The van der Waals surface area contributed by atoms with E-state index in [9.17, 15) is 9.59 Å². The molecule has 1 aliphatic heterocycles. The summed E-state index contributed by atoms with van der Waals surface area (Å²) in [6.07, 6.45) is 2.21. The first kappa shape index (κ1) is 17.3. The third-order valence-corrected chi connectivity index (χ3v) is 5.19. The van der Waals surface area contributed by atoms with E-state index in [4.69, 9.17) is 0 Å². The van der Waals surface area contributed by atoms with Crippen LogP contribution in [0.3, 0.4) is 0 Å². The molecule has 25 heavy (non-hydrogen) atoms. The van der Waals surface area contributed by atoms with Gasteiger partial charge < -0.3 is 10.2 Å². The number of carbonyl (C=O) groups excluding carboxylic acids is 2. The zero-order valence-corrected chi connectivity index (χ0v) is 14.7. The summed E-state index contributed by atoms with van der Waals surface area (Å²) in [5.74, 6) is 0.818. The summed E-state index contributed by atoms with van der Waals surface area (Å²) >= 11 is 1.80. The van der Waals surface area contributed by atoms with Gasteiger partial charge in [-0.3, -0.25) is 9.59 Å². The molecule has 2 aromatic rings. The van der Waals surface area contributed by atoms with Gasteiger partial charge in [0.05, 0.1) is 5.69 Å². The Morgan fingerprint density at radius 1 is 1.16 bits per heavy atom. The number of fused-ring (bicyclic) bond motifs is 1. The molecule has 0 spiro atoms. The number of rotatable bonds is 4. The van der Waals surface area contributed by atoms with Crippen LogP contribution in [0.15, 0.2) is 66.1 Å². The van der Waals surface area contributed by atoms with Crippen molar-refractivity contribution in [2.75, 3.05) is 17.2 Å². The van der Waals surface area contributed by atoms with E-state index in [1.165, 1.54) is 6.08 Å². The number of hydrogen-bond acceptors (Lipinski definition) is 3. The van der Waals surface area contributed by atoms with Crippen molar-refractivity contribution >= 4 is 29.3 Å². The average molecular weight is 352 g/mol. The van der Waals surface area contributed by atoms with Crippen LogP contribution >= 0.6 is 11.8 Å². The van der Waals surface area contributed by atoms with Gasteiger partial charge in [-0.15, -0.1) is 11.8 Å². The number of amides is 2. The maximum atomic E-state index is 13.0. The first-order valence-corrected chi connectivity index (χ1v) is 9.20. The van der Waals surface area contributed by atoms with E-state index in [1.807, 2.05) is 47.4 Å². The molecule has 0 aromatic heterocycles. The Kier molecular flexibility index (Phi) is 5.56. The largest absolute Gasteiger partial charge is 0.348 e. The summed E-state index contributed by atoms with van der Waals surface area (Å²) in [7, 11) is 0. The summed E-state index contributed by atoms with van der Waals surface area (Å²) in [6.45, 7) is 4.57. The van der Waals surface area contributed by atoms with Crippen LogP contribution in [0.2, 0.25) is 0 Å². The lowest BCUT2D eigenvalue weighted by molar-refractivity contribution is -0.116. The van der Waals surface area contributed by atoms with Gasteiger partial charge in [0.25, 0.3) is 5.91 Å². The molecule has 1 heterocycles. The minimum absolute atomic E-state index is 0.0108. The fraction of sp³-hybridized carbons (Fsp3) is 0.200. The Labute approximate surface area is 151 Å². The first-order chi connectivity index (χ1) is 12.2. The highest BCUT2D eigenvalue weighted by atomic mass is 32.2. The van der Waals surface area contributed by atoms with E-state index in [0.29, 0.717) is 12.1 Å². The van der Waals surface area contributed by atoms with E-state index in [0.717, 1.165) is 34.9 Å². The van der Waals surface area contributed by atoms with Gasteiger partial charge in [-0.1, -0.05) is 30.8 Å². The van der Waals surface area contributed by atoms with E-state index >= 15 is 0 Å². The molecule has 0 aliphatic carbocycles. The quantitative estimate of drug-likeness (QED) is 0.855. The highest BCUT2D eigenvalue weighted by Gasteiger charge is 2.22. The summed E-state index contributed by atoms with van der Waals surface area (Å²) in [6, 6.07) is 15.4. The topological polar surface area (TPSA) is 49.4 Å². The van der Waals surface area contributed by atoms with Crippen molar-refractivity contribution in [3.05, 3.63) is 72.3 Å². The van der Waals surface area contributed by atoms with Crippen molar-refractivity contribution in [1.82, 2.24) is 5.32 Å². The Morgan fingerprint density at radius 2 is 1.92 bits per heavy atom. The molecule has 2 aromatic carbocycles. The Balaban J connectivity index is 1.77. The van der Waals surface area contributed by atoms with Gasteiger partial charge >= 0.3 is 0 Å². The summed E-state index contributed by atoms with van der Waals surface area (Å²) in [4.78, 5) is 27.2. The van der Waals surface area contributed by atoms with E-state index < -0.39 is 0 Å². The first-order valence-electron chi connectivity index (χ1n) is 8.22. The Hall–Kier alpha value is -2.53. The molecule has 0 saturated heterocycles. The molecule has 0 saturated carbocycles. The second kappa shape index (κ2) is 8.03. The van der Waals surface area contributed by atoms with Crippen LogP contribution < -0.4 is 10.2 Å². The van der Waals surface area contributed by atoms with Crippen molar-refractivity contribution in [3.8, 4) is 0 Å². The molecule has 0 atom stereocenters. The van der Waals surface area contributed by atoms with Gasteiger partial charge in [-0.25, -0.2) is 0 Å². The summed E-state index contributed by atoms with van der Waals surface area (Å²) in [5, 5.41) is 2.73. The fourth-order valence-corrected chi connectivity index (χ4v) is 3.72. The SMILES string of the molecule is C=CC(=O)NCc1ccc(C(=O)N2CCCSc3ccccc32)cc1. The molecule has 128 valence electrons. The predicted octanol–water partition coefficient (Wildman–Crippen LogP) is 3.63. The number of nitrogens with one attached hydrogen (secondary N) is 1. The second-order valence-electron chi connectivity index (χ2n) is 5.75. The van der Waals surface area contributed by atoms with Crippen LogP contribution in [0.4, 0.5) is 5.69 Å². The van der Waals surface area contributed by atoms with Crippen LogP contribution in [0.5, 0.6) is 0 Å². The zero-order chi connectivity index (χ0) is 17.6. The maximum absolute atomic E-state index is 13.0. The van der Waals surface area contributed by atoms with Crippen molar-refractivity contribution in [1.29, 1.82) is 0 Å². The van der Waals surface area contributed by atoms with Gasteiger partial charge in [0.15, 0.2) is 0 Å². The number of nitrogens with zero attached hydrogens (tertiary/aromatic N) is 1. The number of anilines is 1. The minimum atomic E-state index is -0.209. The van der Waals surface area contributed by atoms with Crippen molar-refractivity contribution in [2.24, 2.45) is 0 Å². The van der Waals surface area contributed by atoms with Gasteiger partial charge in [-0.05, 0) is 48.1 Å². The third kappa shape index (κ3) is 4.12. The van der Waals surface area contributed by atoms with Crippen molar-refractivity contribution in [3.63, 3.8) is 0 Å². The number of carbonyl (C=O) groups is 2. The Morgan fingerprint density at radius 3 is 2.68 bits per heavy atom. The molecule has 0 bridgehead atoms. The molecule has 0 fully saturated rings. The normalized spacial score (nSPS) is 13.5. The lowest BCUT2D eigenvalue weighted by Crippen LogP contribution is -2.31. The fourth-order valence-electron chi connectivity index (χ4n) is 2.72. The maximum Gasteiger partial charge on any atom is 0.258 e. The van der Waals surface area contributed by atoms with E-state index in [1.54, 1.807) is 11.8 Å². The molecule has 1 aliphatic rings. The summed E-state index contributed by atoms with van der Waals surface area (Å²) < 4.78 is 0. The average Bonchev–Trinajstić information content (AvgIpc) is 2.88. The van der Waals surface area contributed by atoms with Crippen molar-refractivity contribution in [2.45, 2.75) is 17.9 Å². The number of para-hydroxylation sites is 1. The van der Waals surface area contributed by atoms with E-state index in [-0.39, 0.29) is 11.8 Å². The highest BCUT2D eigenvalue weighted by molar-refractivity contribution is 7.99. The van der Waals surface area contributed by atoms with Crippen LogP contribution in [0, 0.1) is 0 Å². The predicted molar refractivity (Wildman–Crippen MR) is 102 cm³/mol. The number of thioether (sulfide) groups is 1. The van der Waals surface area contributed by atoms with Crippen LogP contribution in [0.25, 0.3) is 0 Å². The summed E-state index contributed by atoms with van der Waals surface area (Å²) in [5.41, 5.74) is 2.58.